The van der Waals surface area contributed by atoms with Gasteiger partial charge in [-0.05, 0) is 53.6 Å². The Morgan fingerprint density at radius 2 is 1.43 bits per heavy atom. The number of para-hydroxylation sites is 1. The Labute approximate surface area is 222 Å². The van der Waals surface area contributed by atoms with E-state index in [1.54, 1.807) is 12.1 Å². The van der Waals surface area contributed by atoms with Crippen LogP contribution in [0.15, 0.2) is 90.3 Å². The lowest BCUT2D eigenvalue weighted by Gasteiger charge is -2.27. The number of amidine groups is 1. The predicted molar refractivity (Wildman–Crippen MR) is 130 cm³/mol. The first-order valence-corrected chi connectivity index (χ1v) is 11.7. The van der Waals surface area contributed by atoms with Crippen LogP contribution in [-0.4, -0.2) is 20.8 Å². The summed E-state index contributed by atoms with van der Waals surface area (Å²) >= 11 is 0. The van der Waals surface area contributed by atoms with Crippen LogP contribution in [0.5, 0.6) is 5.75 Å². The Morgan fingerprint density at radius 1 is 0.800 bits per heavy atom. The van der Waals surface area contributed by atoms with Gasteiger partial charge in [0.2, 0.25) is 6.23 Å². The quantitative estimate of drug-likeness (QED) is 0.256. The van der Waals surface area contributed by atoms with Gasteiger partial charge in [0.15, 0.2) is 5.84 Å². The number of aromatic hydroxyl groups is 1. The van der Waals surface area contributed by atoms with Gasteiger partial charge in [-0.25, -0.2) is 4.39 Å². The number of alkyl halides is 6. The summed E-state index contributed by atoms with van der Waals surface area (Å²) in [6.45, 7) is -0.229. The average Bonchev–Trinajstić information content (AvgIpc) is 3.31. The first-order valence-electron chi connectivity index (χ1n) is 11.7. The molecule has 4 aromatic rings. The van der Waals surface area contributed by atoms with Crippen LogP contribution in [0.3, 0.4) is 0 Å². The van der Waals surface area contributed by atoms with Crippen molar-refractivity contribution in [3.63, 3.8) is 0 Å². The number of aromatic nitrogens is 1. The molecule has 1 aliphatic heterocycles. The Balaban J connectivity index is 1.65. The fraction of sp³-hybridized carbons (Fsp3) is 0.143. The van der Waals surface area contributed by atoms with Crippen LogP contribution in [0.25, 0.3) is 11.1 Å². The highest BCUT2D eigenvalue weighted by molar-refractivity contribution is 6.01. The van der Waals surface area contributed by atoms with Gasteiger partial charge >= 0.3 is 12.4 Å². The van der Waals surface area contributed by atoms with E-state index in [4.69, 9.17) is 4.84 Å². The van der Waals surface area contributed by atoms with Crippen molar-refractivity contribution in [2.24, 2.45) is 5.16 Å². The zero-order chi connectivity index (χ0) is 28.7. The molecule has 1 atom stereocenters. The summed E-state index contributed by atoms with van der Waals surface area (Å²) < 4.78 is 96.4. The third kappa shape index (κ3) is 5.29. The summed E-state index contributed by atoms with van der Waals surface area (Å²) in [5.41, 5.74) is -2.45. The topological polar surface area (TPSA) is 58.0 Å². The second-order valence-corrected chi connectivity index (χ2v) is 8.87. The molecule has 0 saturated heterocycles. The molecule has 0 fully saturated rings. The number of phenols is 1. The third-order valence-electron chi connectivity index (χ3n) is 6.24. The molecule has 0 amide bonds. The summed E-state index contributed by atoms with van der Waals surface area (Å²) in [5, 5.41) is 14.4. The Morgan fingerprint density at radius 3 is 2.05 bits per heavy atom. The SMILES string of the molecule is Oc1ccccc1C1=NOC(c2cc(C(F)(F)F)cc(C(F)(F)F)c2)N1Cc1cnccc1-c1ccccc1F. The number of hydrogen-bond acceptors (Lipinski definition) is 5. The number of oxime groups is 1. The van der Waals surface area contributed by atoms with Crippen LogP contribution in [0.2, 0.25) is 0 Å². The number of phenolic OH excluding ortho intramolecular Hbond substituents is 1. The molecule has 2 heterocycles. The van der Waals surface area contributed by atoms with E-state index >= 15 is 0 Å². The maximum atomic E-state index is 14.7. The van der Waals surface area contributed by atoms with Gasteiger partial charge in [0.25, 0.3) is 0 Å². The van der Waals surface area contributed by atoms with E-state index in [9.17, 15) is 35.8 Å². The van der Waals surface area contributed by atoms with Crippen LogP contribution in [0, 0.1) is 5.82 Å². The minimum Gasteiger partial charge on any atom is -0.507 e. The van der Waals surface area contributed by atoms with Gasteiger partial charge in [0, 0.05) is 23.5 Å². The van der Waals surface area contributed by atoms with E-state index in [2.05, 4.69) is 10.1 Å². The van der Waals surface area contributed by atoms with Crippen molar-refractivity contribution in [2.75, 3.05) is 0 Å². The first-order chi connectivity index (χ1) is 18.9. The van der Waals surface area contributed by atoms with Crippen molar-refractivity contribution in [3.05, 3.63) is 119 Å². The second kappa shape index (κ2) is 10.2. The number of halogens is 7. The highest BCUT2D eigenvalue weighted by Crippen LogP contribution is 2.41. The number of pyridine rings is 1. The molecule has 1 N–H and O–H groups in total. The molecule has 1 aromatic heterocycles. The van der Waals surface area contributed by atoms with Crippen LogP contribution in [-0.2, 0) is 23.7 Å². The van der Waals surface area contributed by atoms with Crippen molar-refractivity contribution in [2.45, 2.75) is 25.1 Å². The molecule has 5 rings (SSSR count). The first kappa shape index (κ1) is 27.0. The molecule has 1 unspecified atom stereocenters. The maximum absolute atomic E-state index is 14.7. The van der Waals surface area contributed by atoms with Crippen LogP contribution in [0.1, 0.15) is 34.0 Å². The molecule has 0 aliphatic carbocycles. The molecule has 1 aliphatic rings. The normalized spacial score (nSPS) is 15.6. The standard InChI is InChI=1S/C28H18F7N3O2/c29-23-7-3-1-5-21(23)20-9-10-36-14-17(20)15-38-25(22-6-2-4-8-24(22)39)37-40-26(38)16-11-18(27(30,31)32)13-19(12-16)28(33,34)35/h1-14,26,39H,15H2. The fourth-order valence-electron chi connectivity index (χ4n) is 4.39. The van der Waals surface area contributed by atoms with Gasteiger partial charge < -0.3 is 14.8 Å². The van der Waals surface area contributed by atoms with Gasteiger partial charge in [0.05, 0.1) is 23.2 Å². The van der Waals surface area contributed by atoms with Crippen LogP contribution in [0.4, 0.5) is 30.7 Å². The van der Waals surface area contributed by atoms with Gasteiger partial charge in [-0.2, -0.15) is 26.3 Å². The van der Waals surface area contributed by atoms with E-state index in [0.29, 0.717) is 23.3 Å². The molecular formula is C28H18F7N3O2. The summed E-state index contributed by atoms with van der Waals surface area (Å²) in [4.78, 5) is 10.8. The summed E-state index contributed by atoms with van der Waals surface area (Å²) in [7, 11) is 0. The number of hydrogen-bond donors (Lipinski definition) is 1. The lowest BCUT2D eigenvalue weighted by atomic mass is 9.99. The number of benzene rings is 3. The molecule has 3 aromatic carbocycles. The summed E-state index contributed by atoms with van der Waals surface area (Å²) in [5.74, 6) is -0.861. The van der Waals surface area contributed by atoms with Gasteiger partial charge in [-0.1, -0.05) is 35.5 Å². The number of rotatable bonds is 5. The zero-order valence-electron chi connectivity index (χ0n) is 20.2. The Bertz CT molecular complexity index is 1550. The maximum Gasteiger partial charge on any atom is 0.416 e. The molecule has 5 nitrogen and oxygen atoms in total. The van der Waals surface area contributed by atoms with E-state index in [0.717, 1.165) is 0 Å². The van der Waals surface area contributed by atoms with Crippen molar-refractivity contribution in [1.29, 1.82) is 0 Å². The highest BCUT2D eigenvalue weighted by Gasteiger charge is 2.41. The van der Waals surface area contributed by atoms with Gasteiger partial charge in [-0.3, -0.25) is 4.98 Å². The molecule has 0 bridgehead atoms. The van der Waals surface area contributed by atoms with E-state index < -0.39 is 41.1 Å². The summed E-state index contributed by atoms with van der Waals surface area (Å²) in [6, 6.07) is 14.4. The van der Waals surface area contributed by atoms with E-state index in [1.807, 2.05) is 0 Å². The molecule has 0 saturated carbocycles. The Hall–Kier alpha value is -4.61. The second-order valence-electron chi connectivity index (χ2n) is 8.87. The largest absolute Gasteiger partial charge is 0.507 e. The molecule has 12 heteroatoms. The molecule has 0 radical (unpaired) electrons. The van der Waals surface area contributed by atoms with Crippen molar-refractivity contribution in [1.82, 2.24) is 9.88 Å². The molecule has 206 valence electrons. The smallest absolute Gasteiger partial charge is 0.416 e. The lowest BCUT2D eigenvalue weighted by molar-refractivity contribution is -0.143. The fourth-order valence-corrected chi connectivity index (χ4v) is 4.39. The van der Waals surface area contributed by atoms with Gasteiger partial charge in [0.1, 0.15) is 11.6 Å². The average molecular weight is 561 g/mol. The molecule has 0 spiro atoms. The number of nitrogens with zero attached hydrogens (tertiary/aromatic N) is 3. The van der Waals surface area contributed by atoms with Crippen molar-refractivity contribution >= 4 is 5.84 Å². The van der Waals surface area contributed by atoms with E-state index in [1.165, 1.54) is 59.8 Å². The third-order valence-corrected chi connectivity index (χ3v) is 6.24. The monoisotopic (exact) mass is 561 g/mol. The van der Waals surface area contributed by atoms with Crippen molar-refractivity contribution in [3.8, 4) is 16.9 Å². The lowest BCUT2D eigenvalue weighted by Crippen LogP contribution is -2.31. The molecule has 40 heavy (non-hydrogen) atoms. The molecular weight excluding hydrogens is 543 g/mol. The zero-order valence-corrected chi connectivity index (χ0v) is 20.2. The Kier molecular flexibility index (Phi) is 6.86. The minimum atomic E-state index is -5.08. The van der Waals surface area contributed by atoms with Gasteiger partial charge in [-0.15, -0.1) is 0 Å². The van der Waals surface area contributed by atoms with Crippen molar-refractivity contribution < 1.29 is 40.7 Å². The van der Waals surface area contributed by atoms with E-state index in [-0.39, 0.29) is 35.3 Å². The summed E-state index contributed by atoms with van der Waals surface area (Å²) in [6.07, 6.45) is -8.91. The van der Waals surface area contributed by atoms with Crippen LogP contribution >= 0.6 is 0 Å². The minimum absolute atomic E-state index is 0.0188. The highest BCUT2D eigenvalue weighted by atomic mass is 19.4. The predicted octanol–water partition coefficient (Wildman–Crippen LogP) is 7.52. The van der Waals surface area contributed by atoms with Crippen LogP contribution < -0.4 is 0 Å².